The van der Waals surface area contributed by atoms with Gasteiger partial charge in [0.25, 0.3) is 10.0 Å². The molecule has 0 spiro atoms. The summed E-state index contributed by atoms with van der Waals surface area (Å²) in [6, 6.07) is 12.8. The molecule has 3 aromatic heterocycles. The summed E-state index contributed by atoms with van der Waals surface area (Å²) in [5, 5.41) is 3.19. The number of aromatic nitrogens is 5. The third-order valence-corrected chi connectivity index (χ3v) is 6.46. The number of nitrogens with one attached hydrogen (secondary N) is 2. The van der Waals surface area contributed by atoms with Crippen LogP contribution >= 0.6 is 0 Å². The van der Waals surface area contributed by atoms with Crippen molar-refractivity contribution in [3.05, 3.63) is 83.6 Å². The second-order valence-corrected chi connectivity index (χ2v) is 9.18. The number of hydrogen-bond donors (Lipinski definition) is 2. The van der Waals surface area contributed by atoms with Crippen molar-refractivity contribution in [3.63, 3.8) is 0 Å². The summed E-state index contributed by atoms with van der Waals surface area (Å²) >= 11 is 0. The number of aryl methyl sites for hydroxylation is 2. The van der Waals surface area contributed by atoms with E-state index in [0.717, 1.165) is 0 Å². The molecule has 0 aliphatic heterocycles. The molecular formula is C22H19N7O4S. The van der Waals surface area contributed by atoms with Crippen molar-refractivity contribution in [1.29, 1.82) is 0 Å². The van der Waals surface area contributed by atoms with Gasteiger partial charge < -0.3 is 9.73 Å². The quantitative estimate of drug-likeness (QED) is 0.381. The summed E-state index contributed by atoms with van der Waals surface area (Å²) in [5.41, 5.74) is 1.80. The maximum atomic E-state index is 12.9. The van der Waals surface area contributed by atoms with E-state index in [-0.39, 0.29) is 4.90 Å². The van der Waals surface area contributed by atoms with Gasteiger partial charge in [0.2, 0.25) is 0 Å². The molecule has 0 aliphatic carbocycles. The molecule has 0 amide bonds. The van der Waals surface area contributed by atoms with E-state index in [0.29, 0.717) is 39.9 Å². The van der Waals surface area contributed by atoms with Crippen LogP contribution in [0.3, 0.4) is 0 Å². The number of oxazole rings is 1. The third-order valence-electron chi connectivity index (χ3n) is 5.08. The molecule has 0 saturated heterocycles. The Morgan fingerprint density at radius 2 is 1.76 bits per heavy atom. The van der Waals surface area contributed by atoms with Crippen LogP contribution in [-0.2, 0) is 17.1 Å². The number of rotatable bonds is 6. The zero-order valence-electron chi connectivity index (χ0n) is 18.1. The summed E-state index contributed by atoms with van der Waals surface area (Å²) in [4.78, 5) is 24.5. The number of nitrogens with zero attached hydrogens (tertiary/aromatic N) is 5. The summed E-state index contributed by atoms with van der Waals surface area (Å²) in [7, 11) is -2.36. The van der Waals surface area contributed by atoms with E-state index in [1.165, 1.54) is 29.8 Å². The summed E-state index contributed by atoms with van der Waals surface area (Å²) in [6.45, 7) is 1.79. The molecule has 172 valence electrons. The molecular weight excluding hydrogens is 458 g/mol. The van der Waals surface area contributed by atoms with E-state index in [1.54, 1.807) is 60.5 Å². The highest BCUT2D eigenvalue weighted by atomic mass is 32.2. The van der Waals surface area contributed by atoms with Gasteiger partial charge in [0.15, 0.2) is 5.58 Å². The number of imidazole rings is 1. The van der Waals surface area contributed by atoms with Crippen molar-refractivity contribution in [2.75, 3.05) is 10.0 Å². The van der Waals surface area contributed by atoms with Gasteiger partial charge in [-0.2, -0.15) is 0 Å². The zero-order valence-corrected chi connectivity index (χ0v) is 18.9. The minimum absolute atomic E-state index is 0.0158. The Morgan fingerprint density at radius 1 is 1.00 bits per heavy atom. The molecule has 0 bridgehead atoms. The van der Waals surface area contributed by atoms with Crippen molar-refractivity contribution in [1.82, 2.24) is 24.1 Å². The smallest absolute Gasteiger partial charge is 0.408 e. The van der Waals surface area contributed by atoms with Gasteiger partial charge in [0.1, 0.15) is 23.8 Å². The molecule has 3 heterocycles. The topological polar surface area (TPSA) is 137 Å². The number of anilines is 3. The predicted octanol–water partition coefficient (Wildman–Crippen LogP) is 2.96. The molecule has 0 fully saturated rings. The third kappa shape index (κ3) is 4.13. The molecule has 34 heavy (non-hydrogen) atoms. The number of sulfonamides is 1. The van der Waals surface area contributed by atoms with Crippen molar-refractivity contribution in [3.8, 4) is 5.82 Å². The Balaban J connectivity index is 1.35. The van der Waals surface area contributed by atoms with Gasteiger partial charge >= 0.3 is 5.76 Å². The van der Waals surface area contributed by atoms with E-state index >= 15 is 0 Å². The first kappa shape index (κ1) is 21.4. The normalized spacial score (nSPS) is 11.6. The lowest BCUT2D eigenvalue weighted by Crippen LogP contribution is -2.13. The maximum Gasteiger partial charge on any atom is 0.419 e. The predicted molar refractivity (Wildman–Crippen MR) is 126 cm³/mol. The molecule has 2 N–H and O–H groups in total. The lowest BCUT2D eigenvalue weighted by atomic mass is 10.3. The molecule has 12 heteroatoms. The highest BCUT2D eigenvalue weighted by molar-refractivity contribution is 7.92. The average molecular weight is 478 g/mol. The van der Waals surface area contributed by atoms with Crippen LogP contribution in [0.1, 0.15) is 5.82 Å². The van der Waals surface area contributed by atoms with E-state index in [4.69, 9.17) is 4.42 Å². The lowest BCUT2D eigenvalue weighted by molar-refractivity contribution is 0.528. The summed E-state index contributed by atoms with van der Waals surface area (Å²) in [5.74, 6) is 1.29. The molecule has 0 saturated carbocycles. The van der Waals surface area contributed by atoms with Crippen LogP contribution in [-0.4, -0.2) is 32.5 Å². The maximum absolute atomic E-state index is 12.9. The second-order valence-electron chi connectivity index (χ2n) is 7.49. The number of fused-ring (bicyclic) bond motifs is 1. The van der Waals surface area contributed by atoms with Crippen LogP contribution in [0.5, 0.6) is 0 Å². The minimum Gasteiger partial charge on any atom is -0.408 e. The van der Waals surface area contributed by atoms with Gasteiger partial charge in [-0.05, 0) is 49.4 Å². The fourth-order valence-corrected chi connectivity index (χ4v) is 4.48. The van der Waals surface area contributed by atoms with E-state index in [1.807, 2.05) is 0 Å². The van der Waals surface area contributed by atoms with Crippen molar-refractivity contribution >= 4 is 38.3 Å². The fraction of sp³-hybridized carbons (Fsp3) is 0.0909. The van der Waals surface area contributed by atoms with Crippen LogP contribution in [0.15, 0.2) is 81.4 Å². The monoisotopic (exact) mass is 477 g/mol. The Labute approximate surface area is 193 Å². The highest BCUT2D eigenvalue weighted by Crippen LogP contribution is 2.23. The molecule has 11 nitrogen and oxygen atoms in total. The van der Waals surface area contributed by atoms with Gasteiger partial charge in [0.05, 0.1) is 10.4 Å². The van der Waals surface area contributed by atoms with Crippen LogP contribution in [0.25, 0.3) is 16.9 Å². The Kier molecular flexibility index (Phi) is 5.13. The first-order valence-corrected chi connectivity index (χ1v) is 11.6. The standard InChI is InChI=1S/C22H19N7O4S/c1-14-24-20(12-21(25-14)29-10-9-23-13-29)26-15-3-5-16(6-4-15)27-34(31,32)17-7-8-19-18(11-17)28(2)22(30)33-19/h3-13,27H,1-2H3,(H,24,25,26). The number of hydrogen-bond acceptors (Lipinski definition) is 8. The number of benzene rings is 2. The van der Waals surface area contributed by atoms with Crippen LogP contribution in [0, 0.1) is 6.92 Å². The van der Waals surface area contributed by atoms with Crippen molar-refractivity contribution in [2.45, 2.75) is 11.8 Å². The lowest BCUT2D eigenvalue weighted by Gasteiger charge is -2.11. The van der Waals surface area contributed by atoms with Gasteiger partial charge in [-0.1, -0.05) is 0 Å². The molecule has 0 unspecified atom stereocenters. The van der Waals surface area contributed by atoms with Crippen molar-refractivity contribution < 1.29 is 12.8 Å². The largest absolute Gasteiger partial charge is 0.419 e. The molecule has 5 rings (SSSR count). The minimum atomic E-state index is -3.88. The molecule has 2 aromatic carbocycles. The Bertz CT molecular complexity index is 1650. The highest BCUT2D eigenvalue weighted by Gasteiger charge is 2.17. The molecule has 0 atom stereocenters. The van der Waals surface area contributed by atoms with Gasteiger partial charge in [-0.3, -0.25) is 13.9 Å². The summed E-state index contributed by atoms with van der Waals surface area (Å²) < 4.78 is 36.3. The fourth-order valence-electron chi connectivity index (χ4n) is 3.40. The SMILES string of the molecule is Cc1nc(Nc2ccc(NS(=O)(=O)c3ccc4oc(=O)n(C)c4c3)cc2)cc(-n2ccnc2)n1. The van der Waals surface area contributed by atoms with Crippen LogP contribution in [0.2, 0.25) is 0 Å². The van der Waals surface area contributed by atoms with Crippen molar-refractivity contribution in [2.24, 2.45) is 7.05 Å². The average Bonchev–Trinajstić information content (AvgIpc) is 3.43. The van der Waals surface area contributed by atoms with Gasteiger partial charge in [-0.25, -0.2) is 28.2 Å². The Morgan fingerprint density at radius 3 is 2.50 bits per heavy atom. The van der Waals surface area contributed by atoms with E-state index in [9.17, 15) is 13.2 Å². The Hall–Kier alpha value is -4.45. The first-order valence-electron chi connectivity index (χ1n) is 10.1. The molecule has 0 radical (unpaired) electrons. The molecule has 0 aliphatic rings. The zero-order chi connectivity index (χ0) is 23.9. The van der Waals surface area contributed by atoms with Crippen LogP contribution in [0.4, 0.5) is 17.2 Å². The van der Waals surface area contributed by atoms with E-state index in [2.05, 4.69) is 25.0 Å². The van der Waals surface area contributed by atoms with Crippen LogP contribution < -0.4 is 15.8 Å². The van der Waals surface area contributed by atoms with Gasteiger partial charge in [-0.15, -0.1) is 0 Å². The first-order chi connectivity index (χ1) is 16.3. The summed E-state index contributed by atoms with van der Waals surface area (Å²) in [6.07, 6.45) is 5.10. The second kappa shape index (κ2) is 8.15. The van der Waals surface area contributed by atoms with E-state index < -0.39 is 15.8 Å². The molecule has 5 aromatic rings. The van der Waals surface area contributed by atoms with Gasteiger partial charge in [0, 0.05) is 36.9 Å².